The number of aryl methyl sites for hydroxylation is 2. The largest absolute Gasteiger partial charge is 0.353 e. The fourth-order valence-electron chi connectivity index (χ4n) is 2.57. The highest BCUT2D eigenvalue weighted by Gasteiger charge is 2.14. The number of rotatable bonds is 8. The molecule has 0 fully saturated rings. The van der Waals surface area contributed by atoms with Crippen LogP contribution in [0.1, 0.15) is 44.7 Å². The zero-order valence-corrected chi connectivity index (χ0v) is 16.4. The minimum absolute atomic E-state index is 0.0106. The minimum atomic E-state index is 0.0106. The predicted molar refractivity (Wildman–Crippen MR) is 101 cm³/mol. The van der Waals surface area contributed by atoms with Crippen LogP contribution in [-0.2, 0) is 4.79 Å². The topological polar surface area (TPSA) is 72.7 Å². The van der Waals surface area contributed by atoms with E-state index >= 15 is 0 Å². The second-order valence-electron chi connectivity index (χ2n) is 6.89. The van der Waals surface area contributed by atoms with Gasteiger partial charge in [0.15, 0.2) is 0 Å². The van der Waals surface area contributed by atoms with Crippen LogP contribution < -0.4 is 5.32 Å². The third-order valence-electron chi connectivity index (χ3n) is 3.94. The SMILES string of the molecule is Cc1ccc(-n2nnnc2SCC(=O)N[C@H](C)CCC(C)C)c(C)c1. The average molecular weight is 362 g/mol. The molecule has 0 aliphatic heterocycles. The number of aromatic nitrogens is 4. The first kappa shape index (κ1) is 19.4. The van der Waals surface area contributed by atoms with Crippen molar-refractivity contribution >= 4 is 17.7 Å². The average Bonchev–Trinajstić information content (AvgIpc) is 2.99. The van der Waals surface area contributed by atoms with Gasteiger partial charge in [0, 0.05) is 6.04 Å². The first-order chi connectivity index (χ1) is 11.9. The lowest BCUT2D eigenvalue weighted by molar-refractivity contribution is -0.119. The van der Waals surface area contributed by atoms with Crippen LogP contribution in [0.25, 0.3) is 5.69 Å². The maximum absolute atomic E-state index is 12.1. The molecule has 1 N–H and O–H groups in total. The van der Waals surface area contributed by atoms with Gasteiger partial charge in [-0.3, -0.25) is 4.79 Å². The highest BCUT2D eigenvalue weighted by molar-refractivity contribution is 7.99. The Balaban J connectivity index is 1.94. The summed E-state index contributed by atoms with van der Waals surface area (Å²) in [7, 11) is 0. The number of hydrogen-bond donors (Lipinski definition) is 1. The minimum Gasteiger partial charge on any atom is -0.353 e. The molecule has 0 aliphatic carbocycles. The van der Waals surface area contributed by atoms with Crippen LogP contribution in [0.15, 0.2) is 23.4 Å². The van der Waals surface area contributed by atoms with E-state index in [4.69, 9.17) is 0 Å². The smallest absolute Gasteiger partial charge is 0.230 e. The van der Waals surface area contributed by atoms with Crippen molar-refractivity contribution in [2.45, 2.75) is 58.7 Å². The lowest BCUT2D eigenvalue weighted by Crippen LogP contribution is -2.34. The summed E-state index contributed by atoms with van der Waals surface area (Å²) in [6.45, 7) is 10.5. The monoisotopic (exact) mass is 361 g/mol. The Kier molecular flexibility index (Phi) is 6.99. The molecule has 1 amide bonds. The molecule has 1 aromatic carbocycles. The molecular weight excluding hydrogens is 334 g/mol. The zero-order chi connectivity index (χ0) is 18.4. The highest BCUT2D eigenvalue weighted by atomic mass is 32.2. The van der Waals surface area contributed by atoms with E-state index < -0.39 is 0 Å². The molecule has 25 heavy (non-hydrogen) atoms. The Morgan fingerprint density at radius 2 is 2.00 bits per heavy atom. The van der Waals surface area contributed by atoms with E-state index in [9.17, 15) is 4.79 Å². The van der Waals surface area contributed by atoms with E-state index in [1.54, 1.807) is 4.68 Å². The van der Waals surface area contributed by atoms with Crippen molar-refractivity contribution in [3.63, 3.8) is 0 Å². The van der Waals surface area contributed by atoms with Gasteiger partial charge >= 0.3 is 0 Å². The lowest BCUT2D eigenvalue weighted by atomic mass is 10.0. The summed E-state index contributed by atoms with van der Waals surface area (Å²) in [5.41, 5.74) is 3.23. The summed E-state index contributed by atoms with van der Waals surface area (Å²) in [5.74, 6) is 0.963. The normalized spacial score (nSPS) is 12.4. The first-order valence-electron chi connectivity index (χ1n) is 8.65. The Bertz CT molecular complexity index is 713. The summed E-state index contributed by atoms with van der Waals surface area (Å²) in [5, 5.41) is 15.5. The van der Waals surface area contributed by atoms with Crippen LogP contribution in [0.4, 0.5) is 0 Å². The van der Waals surface area contributed by atoms with Crippen LogP contribution in [0.3, 0.4) is 0 Å². The standard InChI is InChI=1S/C18H27N5OS/c1-12(2)6-8-15(5)19-17(24)11-25-18-20-21-22-23(18)16-9-7-13(3)10-14(16)4/h7,9-10,12,15H,6,8,11H2,1-5H3,(H,19,24)/t15-/m1/s1. The number of nitrogens with zero attached hydrogens (tertiary/aromatic N) is 4. The number of carbonyl (C=O) groups is 1. The number of thioether (sulfide) groups is 1. The van der Waals surface area contributed by atoms with Gasteiger partial charge in [0.25, 0.3) is 0 Å². The number of hydrogen-bond acceptors (Lipinski definition) is 5. The van der Waals surface area contributed by atoms with Gasteiger partial charge in [0.05, 0.1) is 11.4 Å². The molecule has 0 radical (unpaired) electrons. The fourth-order valence-corrected chi connectivity index (χ4v) is 3.26. The van der Waals surface area contributed by atoms with Crippen LogP contribution >= 0.6 is 11.8 Å². The third-order valence-corrected chi connectivity index (χ3v) is 4.86. The number of benzene rings is 1. The molecular formula is C18H27N5OS. The molecule has 2 rings (SSSR count). The summed E-state index contributed by atoms with van der Waals surface area (Å²) >= 11 is 1.35. The van der Waals surface area contributed by atoms with Crippen molar-refractivity contribution in [1.29, 1.82) is 0 Å². The van der Waals surface area contributed by atoms with Gasteiger partial charge in [-0.2, -0.15) is 4.68 Å². The second-order valence-corrected chi connectivity index (χ2v) is 7.83. The number of nitrogens with one attached hydrogen (secondary N) is 1. The van der Waals surface area contributed by atoms with E-state index in [1.807, 2.05) is 26.0 Å². The maximum Gasteiger partial charge on any atom is 0.230 e. The van der Waals surface area contributed by atoms with Gasteiger partial charge in [0.1, 0.15) is 0 Å². The molecule has 1 heterocycles. The van der Waals surface area contributed by atoms with Gasteiger partial charge in [-0.1, -0.05) is 43.3 Å². The van der Waals surface area contributed by atoms with Crippen molar-refractivity contribution in [2.75, 3.05) is 5.75 Å². The van der Waals surface area contributed by atoms with Crippen molar-refractivity contribution < 1.29 is 4.79 Å². The third kappa shape index (κ3) is 5.85. The molecule has 0 aliphatic rings. The number of tetrazole rings is 1. The van der Waals surface area contributed by atoms with Gasteiger partial charge < -0.3 is 5.32 Å². The van der Waals surface area contributed by atoms with E-state index in [-0.39, 0.29) is 11.9 Å². The van der Waals surface area contributed by atoms with Gasteiger partial charge in [-0.25, -0.2) is 0 Å². The van der Waals surface area contributed by atoms with Crippen molar-refractivity contribution in [1.82, 2.24) is 25.5 Å². The summed E-state index contributed by atoms with van der Waals surface area (Å²) in [4.78, 5) is 12.1. The molecule has 0 bridgehead atoms. The summed E-state index contributed by atoms with van der Waals surface area (Å²) in [6, 6.07) is 6.31. The Morgan fingerprint density at radius 3 is 2.68 bits per heavy atom. The molecule has 2 aromatic rings. The van der Waals surface area contributed by atoms with Crippen LogP contribution in [0.5, 0.6) is 0 Å². The summed E-state index contributed by atoms with van der Waals surface area (Å²) in [6.07, 6.45) is 2.11. The van der Waals surface area contributed by atoms with Crippen molar-refractivity contribution in [2.24, 2.45) is 5.92 Å². The molecule has 0 saturated heterocycles. The van der Waals surface area contributed by atoms with Gasteiger partial charge in [-0.15, -0.1) is 5.10 Å². The van der Waals surface area contributed by atoms with Crippen LogP contribution in [-0.4, -0.2) is 37.9 Å². The summed E-state index contributed by atoms with van der Waals surface area (Å²) < 4.78 is 1.69. The van der Waals surface area contributed by atoms with E-state index in [0.717, 1.165) is 24.1 Å². The molecule has 0 saturated carbocycles. The molecule has 7 heteroatoms. The maximum atomic E-state index is 12.1. The molecule has 136 valence electrons. The molecule has 1 atom stereocenters. The second kappa shape index (κ2) is 8.99. The molecule has 6 nitrogen and oxygen atoms in total. The number of carbonyl (C=O) groups excluding carboxylic acids is 1. The lowest BCUT2D eigenvalue weighted by Gasteiger charge is -2.15. The van der Waals surface area contributed by atoms with E-state index in [0.29, 0.717) is 16.8 Å². The van der Waals surface area contributed by atoms with Gasteiger partial charge in [0.2, 0.25) is 11.1 Å². The predicted octanol–water partition coefficient (Wildman–Crippen LogP) is 3.31. The zero-order valence-electron chi connectivity index (χ0n) is 15.6. The Hall–Kier alpha value is -1.89. The van der Waals surface area contributed by atoms with Crippen LogP contribution in [0, 0.1) is 19.8 Å². The quantitative estimate of drug-likeness (QED) is 0.730. The van der Waals surface area contributed by atoms with E-state index in [1.165, 1.54) is 17.3 Å². The molecule has 0 spiro atoms. The molecule has 0 unspecified atom stereocenters. The van der Waals surface area contributed by atoms with Crippen LogP contribution in [0.2, 0.25) is 0 Å². The molecule has 1 aromatic heterocycles. The van der Waals surface area contributed by atoms with Crippen molar-refractivity contribution in [3.8, 4) is 5.69 Å². The van der Waals surface area contributed by atoms with Crippen molar-refractivity contribution in [3.05, 3.63) is 29.3 Å². The number of amides is 1. The first-order valence-corrected chi connectivity index (χ1v) is 9.63. The Labute approximate surface area is 153 Å². The van der Waals surface area contributed by atoms with Gasteiger partial charge in [-0.05, 0) is 61.6 Å². The Morgan fingerprint density at radius 1 is 1.24 bits per heavy atom. The van der Waals surface area contributed by atoms with E-state index in [2.05, 4.69) is 47.7 Å². The highest BCUT2D eigenvalue weighted by Crippen LogP contribution is 2.21. The fraction of sp³-hybridized carbons (Fsp3) is 0.556.